The van der Waals surface area contributed by atoms with Crippen LogP contribution in [0.2, 0.25) is 0 Å². The number of nitrogens with zero attached hydrogens (tertiary/aromatic N) is 1. The van der Waals surface area contributed by atoms with Crippen molar-refractivity contribution in [2.24, 2.45) is 5.73 Å². The van der Waals surface area contributed by atoms with Crippen molar-refractivity contribution < 1.29 is 9.53 Å². The summed E-state index contributed by atoms with van der Waals surface area (Å²) in [5.41, 5.74) is 7.53. The Labute approximate surface area is 115 Å². The summed E-state index contributed by atoms with van der Waals surface area (Å²) in [6.45, 7) is 2.27. The maximum atomic E-state index is 12.0. The molecule has 2 rings (SSSR count). The third kappa shape index (κ3) is 3.10. The lowest BCUT2D eigenvalue weighted by Crippen LogP contribution is -2.12. The Bertz CT molecular complexity index is 595. The number of nitrogens with one attached hydrogen (secondary N) is 1. The van der Waals surface area contributed by atoms with E-state index in [1.807, 2.05) is 19.1 Å². The highest BCUT2D eigenvalue weighted by Gasteiger charge is 2.11. The van der Waals surface area contributed by atoms with Crippen LogP contribution in [-0.4, -0.2) is 18.0 Å². The number of hydrogen-bond acceptors (Lipinski definition) is 5. The minimum absolute atomic E-state index is 0.236. The van der Waals surface area contributed by atoms with Crippen LogP contribution in [0.1, 0.15) is 21.1 Å². The van der Waals surface area contributed by atoms with Gasteiger partial charge >= 0.3 is 0 Å². The third-order valence-corrected chi connectivity index (χ3v) is 3.48. The quantitative estimate of drug-likeness (QED) is 0.898. The van der Waals surface area contributed by atoms with Crippen LogP contribution in [0, 0.1) is 6.92 Å². The summed E-state index contributed by atoms with van der Waals surface area (Å²) in [7, 11) is 1.62. The number of ether oxygens (including phenoxy) is 1. The standard InChI is InChI=1S/C13H15N3O2S/c1-8-5-9(3-4-11(8)18-2)15-13(17)10-7-19-12(6-14)16-10/h3-5,7H,6,14H2,1-2H3,(H,15,17). The van der Waals surface area contributed by atoms with E-state index in [0.29, 0.717) is 17.9 Å². The zero-order valence-electron chi connectivity index (χ0n) is 10.8. The highest BCUT2D eigenvalue weighted by Crippen LogP contribution is 2.22. The fourth-order valence-electron chi connectivity index (χ4n) is 1.66. The van der Waals surface area contributed by atoms with E-state index in [2.05, 4.69) is 10.3 Å². The normalized spacial score (nSPS) is 10.3. The second-order valence-corrected chi connectivity index (χ2v) is 4.91. The Morgan fingerprint density at radius 1 is 1.53 bits per heavy atom. The zero-order valence-corrected chi connectivity index (χ0v) is 11.6. The minimum atomic E-state index is -0.236. The Balaban J connectivity index is 2.12. The van der Waals surface area contributed by atoms with Crippen LogP contribution in [0.4, 0.5) is 5.69 Å². The number of carbonyl (C=O) groups is 1. The molecule has 0 saturated heterocycles. The molecule has 0 bridgehead atoms. The van der Waals surface area contributed by atoms with Crippen LogP contribution in [0.15, 0.2) is 23.6 Å². The van der Waals surface area contributed by atoms with Crippen LogP contribution >= 0.6 is 11.3 Å². The summed E-state index contributed by atoms with van der Waals surface area (Å²) < 4.78 is 5.17. The van der Waals surface area contributed by atoms with Gasteiger partial charge in [0, 0.05) is 17.6 Å². The molecule has 19 heavy (non-hydrogen) atoms. The average Bonchev–Trinajstić information content (AvgIpc) is 2.88. The molecule has 0 atom stereocenters. The van der Waals surface area contributed by atoms with Gasteiger partial charge in [0.05, 0.1) is 7.11 Å². The van der Waals surface area contributed by atoms with Crippen LogP contribution in [0.25, 0.3) is 0 Å². The summed E-state index contributed by atoms with van der Waals surface area (Å²) in [4.78, 5) is 16.1. The summed E-state index contributed by atoms with van der Waals surface area (Å²) in [5.74, 6) is 0.553. The maximum absolute atomic E-state index is 12.0. The number of thiazole rings is 1. The molecule has 0 spiro atoms. The van der Waals surface area contributed by atoms with Crippen molar-refractivity contribution in [2.45, 2.75) is 13.5 Å². The predicted octanol–water partition coefficient (Wildman–Crippen LogP) is 2.17. The summed E-state index contributed by atoms with van der Waals surface area (Å²) in [6, 6.07) is 5.46. The van der Waals surface area contributed by atoms with E-state index in [0.717, 1.165) is 16.3 Å². The highest BCUT2D eigenvalue weighted by atomic mass is 32.1. The first kappa shape index (κ1) is 13.5. The predicted molar refractivity (Wildman–Crippen MR) is 75.7 cm³/mol. The SMILES string of the molecule is COc1ccc(NC(=O)c2csc(CN)n2)cc1C. The average molecular weight is 277 g/mol. The van der Waals surface area contributed by atoms with E-state index < -0.39 is 0 Å². The fraction of sp³-hybridized carbons (Fsp3) is 0.231. The first-order valence-electron chi connectivity index (χ1n) is 5.74. The van der Waals surface area contributed by atoms with Gasteiger partial charge in [-0.15, -0.1) is 11.3 Å². The third-order valence-electron chi connectivity index (χ3n) is 2.61. The largest absolute Gasteiger partial charge is 0.496 e. The molecule has 0 aliphatic rings. The van der Waals surface area contributed by atoms with Gasteiger partial charge in [-0.2, -0.15) is 0 Å². The molecule has 1 heterocycles. The Kier molecular flexibility index (Phi) is 4.13. The lowest BCUT2D eigenvalue weighted by Gasteiger charge is -2.08. The molecule has 0 saturated carbocycles. The van der Waals surface area contributed by atoms with E-state index >= 15 is 0 Å². The van der Waals surface area contributed by atoms with Crippen molar-refractivity contribution in [1.29, 1.82) is 0 Å². The molecule has 6 heteroatoms. The van der Waals surface area contributed by atoms with Crippen molar-refractivity contribution in [3.63, 3.8) is 0 Å². The number of aromatic nitrogens is 1. The van der Waals surface area contributed by atoms with Crippen molar-refractivity contribution in [3.8, 4) is 5.75 Å². The van der Waals surface area contributed by atoms with Crippen LogP contribution in [0.5, 0.6) is 5.75 Å². The summed E-state index contributed by atoms with van der Waals surface area (Å²) in [6.07, 6.45) is 0. The molecule has 1 amide bonds. The van der Waals surface area contributed by atoms with Crippen LogP contribution in [-0.2, 0) is 6.54 Å². The topological polar surface area (TPSA) is 77.2 Å². The molecule has 1 aromatic heterocycles. The number of aryl methyl sites for hydroxylation is 1. The molecular formula is C13H15N3O2S. The summed E-state index contributed by atoms with van der Waals surface area (Å²) in [5, 5.41) is 5.25. The number of rotatable bonds is 4. The second kappa shape index (κ2) is 5.81. The Hall–Kier alpha value is -1.92. The number of hydrogen-bond donors (Lipinski definition) is 2. The lowest BCUT2D eigenvalue weighted by molar-refractivity contribution is 0.102. The highest BCUT2D eigenvalue weighted by molar-refractivity contribution is 7.09. The van der Waals surface area contributed by atoms with E-state index in [9.17, 15) is 4.79 Å². The van der Waals surface area contributed by atoms with Gasteiger partial charge in [-0.1, -0.05) is 0 Å². The van der Waals surface area contributed by atoms with Gasteiger partial charge in [-0.25, -0.2) is 4.98 Å². The number of nitrogens with two attached hydrogens (primary N) is 1. The molecule has 2 aromatic rings. The number of methoxy groups -OCH3 is 1. The zero-order chi connectivity index (χ0) is 13.8. The second-order valence-electron chi connectivity index (χ2n) is 3.97. The molecule has 3 N–H and O–H groups in total. The Morgan fingerprint density at radius 3 is 2.89 bits per heavy atom. The van der Waals surface area contributed by atoms with Gasteiger partial charge in [-0.05, 0) is 30.7 Å². The monoisotopic (exact) mass is 277 g/mol. The number of anilines is 1. The van der Waals surface area contributed by atoms with E-state index in [1.54, 1.807) is 18.6 Å². The van der Waals surface area contributed by atoms with Crippen molar-refractivity contribution in [2.75, 3.05) is 12.4 Å². The first-order chi connectivity index (χ1) is 9.13. The van der Waals surface area contributed by atoms with E-state index in [4.69, 9.17) is 10.5 Å². The number of amides is 1. The van der Waals surface area contributed by atoms with Crippen LogP contribution < -0.4 is 15.8 Å². The molecule has 0 fully saturated rings. The summed E-state index contributed by atoms with van der Waals surface area (Å²) >= 11 is 1.38. The van der Waals surface area contributed by atoms with Gasteiger partial charge in [0.1, 0.15) is 16.5 Å². The van der Waals surface area contributed by atoms with E-state index in [1.165, 1.54) is 11.3 Å². The van der Waals surface area contributed by atoms with Gasteiger partial charge in [-0.3, -0.25) is 4.79 Å². The molecule has 0 radical (unpaired) electrons. The molecule has 100 valence electrons. The molecule has 5 nitrogen and oxygen atoms in total. The molecule has 0 unspecified atom stereocenters. The van der Waals surface area contributed by atoms with Crippen molar-refractivity contribution >= 4 is 22.9 Å². The maximum Gasteiger partial charge on any atom is 0.275 e. The van der Waals surface area contributed by atoms with Crippen molar-refractivity contribution in [3.05, 3.63) is 39.8 Å². The van der Waals surface area contributed by atoms with Gasteiger partial charge < -0.3 is 15.8 Å². The van der Waals surface area contributed by atoms with Gasteiger partial charge in [0.25, 0.3) is 5.91 Å². The fourth-order valence-corrected chi connectivity index (χ4v) is 2.31. The Morgan fingerprint density at radius 2 is 2.32 bits per heavy atom. The lowest BCUT2D eigenvalue weighted by atomic mass is 10.2. The molecule has 0 aliphatic carbocycles. The molecular weight excluding hydrogens is 262 g/mol. The van der Waals surface area contributed by atoms with Gasteiger partial charge in [0.2, 0.25) is 0 Å². The van der Waals surface area contributed by atoms with Crippen LogP contribution in [0.3, 0.4) is 0 Å². The first-order valence-corrected chi connectivity index (χ1v) is 6.62. The number of benzene rings is 1. The molecule has 1 aromatic carbocycles. The smallest absolute Gasteiger partial charge is 0.275 e. The van der Waals surface area contributed by atoms with Gasteiger partial charge in [0.15, 0.2) is 0 Å². The molecule has 0 aliphatic heterocycles. The van der Waals surface area contributed by atoms with E-state index in [-0.39, 0.29) is 5.91 Å². The number of carbonyl (C=O) groups excluding carboxylic acids is 1. The van der Waals surface area contributed by atoms with Crippen molar-refractivity contribution in [1.82, 2.24) is 4.98 Å². The minimum Gasteiger partial charge on any atom is -0.496 e.